The van der Waals surface area contributed by atoms with Crippen molar-refractivity contribution in [2.24, 2.45) is 23.5 Å². The number of halogens is 1. The largest absolute Gasteiger partial charge is 0.459 e. The second kappa shape index (κ2) is 7.57. The summed E-state index contributed by atoms with van der Waals surface area (Å²) in [6.45, 7) is 5.35. The Balaban J connectivity index is 0.00000208. The Bertz CT molecular complexity index is 576. The van der Waals surface area contributed by atoms with Crippen LogP contribution < -0.4 is 11.1 Å². The number of fused-ring (bicyclic) bond motifs is 1. The molecule has 1 saturated heterocycles. The van der Waals surface area contributed by atoms with E-state index in [1.54, 1.807) is 12.1 Å². The molecule has 2 amide bonds. The van der Waals surface area contributed by atoms with Gasteiger partial charge >= 0.3 is 0 Å². The molecule has 2 aliphatic rings. The minimum absolute atomic E-state index is 0. The van der Waals surface area contributed by atoms with E-state index in [1.165, 1.54) is 6.26 Å². The number of nitrogens with two attached hydrogens (primary N) is 1. The lowest BCUT2D eigenvalue weighted by atomic mass is 9.98. The van der Waals surface area contributed by atoms with Crippen LogP contribution in [0.25, 0.3) is 0 Å². The van der Waals surface area contributed by atoms with Crippen molar-refractivity contribution in [3.8, 4) is 0 Å². The molecule has 1 saturated carbocycles. The van der Waals surface area contributed by atoms with E-state index < -0.39 is 6.04 Å². The fraction of sp³-hybridized carbons (Fsp3) is 0.647. The predicted octanol–water partition coefficient (Wildman–Crippen LogP) is 1.65. The van der Waals surface area contributed by atoms with Crippen LogP contribution in [0.15, 0.2) is 22.8 Å². The third-order valence-electron chi connectivity index (χ3n) is 5.19. The van der Waals surface area contributed by atoms with Crippen molar-refractivity contribution in [3.63, 3.8) is 0 Å². The lowest BCUT2D eigenvalue weighted by Crippen LogP contribution is -2.51. The first-order valence-electron chi connectivity index (χ1n) is 8.36. The molecule has 2 heterocycles. The molecular weight excluding hydrogens is 330 g/mol. The van der Waals surface area contributed by atoms with Gasteiger partial charge in [-0.3, -0.25) is 9.59 Å². The Morgan fingerprint density at radius 2 is 2.08 bits per heavy atom. The number of nitrogens with zero attached hydrogens (tertiary/aromatic N) is 1. The van der Waals surface area contributed by atoms with E-state index in [0.29, 0.717) is 18.4 Å². The van der Waals surface area contributed by atoms with Crippen LogP contribution in [-0.4, -0.2) is 41.9 Å². The molecule has 2 fully saturated rings. The van der Waals surface area contributed by atoms with Crippen LogP contribution in [0.1, 0.15) is 37.2 Å². The van der Waals surface area contributed by atoms with Crippen LogP contribution in [0.2, 0.25) is 0 Å². The summed E-state index contributed by atoms with van der Waals surface area (Å²) in [4.78, 5) is 26.9. The standard InChI is InChI=1S/C17H25N3O3.ClH/c1-10(2)15(19-16(21)14-4-3-7-23-14)17(22)20-8-11-5-6-13(18)12(11)9-20;/h3-4,7,10-13,15H,5-6,8-9,18H2,1-2H3,(H,19,21);1H. The predicted molar refractivity (Wildman–Crippen MR) is 92.8 cm³/mol. The number of rotatable bonds is 4. The molecule has 4 unspecified atom stereocenters. The average molecular weight is 356 g/mol. The summed E-state index contributed by atoms with van der Waals surface area (Å²) in [5.41, 5.74) is 6.14. The minimum atomic E-state index is -0.539. The Labute approximate surface area is 148 Å². The molecule has 3 rings (SSSR count). The first kappa shape index (κ1) is 18.8. The Hall–Kier alpha value is -1.53. The molecule has 0 radical (unpaired) electrons. The lowest BCUT2D eigenvalue weighted by Gasteiger charge is -2.27. The molecule has 1 aliphatic heterocycles. The zero-order valence-corrected chi connectivity index (χ0v) is 14.9. The van der Waals surface area contributed by atoms with Crippen LogP contribution in [0.3, 0.4) is 0 Å². The maximum Gasteiger partial charge on any atom is 0.287 e. The molecule has 6 nitrogen and oxygen atoms in total. The van der Waals surface area contributed by atoms with Crippen molar-refractivity contribution in [1.82, 2.24) is 10.2 Å². The Morgan fingerprint density at radius 3 is 2.67 bits per heavy atom. The van der Waals surface area contributed by atoms with Gasteiger partial charge in [0.2, 0.25) is 5.91 Å². The van der Waals surface area contributed by atoms with E-state index in [4.69, 9.17) is 10.2 Å². The zero-order chi connectivity index (χ0) is 16.6. The van der Waals surface area contributed by atoms with Gasteiger partial charge in [-0.1, -0.05) is 13.8 Å². The van der Waals surface area contributed by atoms with Gasteiger partial charge in [0.25, 0.3) is 5.91 Å². The van der Waals surface area contributed by atoms with Crippen molar-refractivity contribution in [1.29, 1.82) is 0 Å². The van der Waals surface area contributed by atoms with Crippen molar-refractivity contribution < 1.29 is 14.0 Å². The molecular formula is C17H26ClN3O3. The number of likely N-dealkylation sites (tertiary alicyclic amines) is 1. The molecule has 0 spiro atoms. The Morgan fingerprint density at radius 1 is 1.33 bits per heavy atom. The highest BCUT2D eigenvalue weighted by Crippen LogP contribution is 2.37. The van der Waals surface area contributed by atoms with E-state index in [1.807, 2.05) is 18.7 Å². The van der Waals surface area contributed by atoms with Crippen LogP contribution in [0, 0.1) is 17.8 Å². The van der Waals surface area contributed by atoms with Crippen LogP contribution in [0.4, 0.5) is 0 Å². The van der Waals surface area contributed by atoms with Gasteiger partial charge in [-0.05, 0) is 42.7 Å². The van der Waals surface area contributed by atoms with E-state index in [9.17, 15) is 9.59 Å². The monoisotopic (exact) mass is 355 g/mol. The number of carbonyl (C=O) groups is 2. The van der Waals surface area contributed by atoms with Crippen molar-refractivity contribution in [2.45, 2.75) is 38.8 Å². The molecule has 134 valence electrons. The number of hydrogen-bond donors (Lipinski definition) is 2. The maximum absolute atomic E-state index is 12.9. The number of nitrogens with one attached hydrogen (secondary N) is 1. The van der Waals surface area contributed by atoms with E-state index >= 15 is 0 Å². The summed E-state index contributed by atoms with van der Waals surface area (Å²) in [5, 5.41) is 2.82. The highest BCUT2D eigenvalue weighted by atomic mass is 35.5. The van der Waals surface area contributed by atoms with E-state index in [-0.39, 0.29) is 41.9 Å². The van der Waals surface area contributed by atoms with Gasteiger partial charge in [-0.25, -0.2) is 0 Å². The van der Waals surface area contributed by atoms with Gasteiger partial charge in [-0.15, -0.1) is 12.4 Å². The fourth-order valence-corrected chi connectivity index (χ4v) is 3.82. The van der Waals surface area contributed by atoms with Gasteiger partial charge < -0.3 is 20.4 Å². The van der Waals surface area contributed by atoms with Crippen molar-refractivity contribution >= 4 is 24.2 Å². The summed E-state index contributed by atoms with van der Waals surface area (Å²) in [7, 11) is 0. The number of carbonyl (C=O) groups excluding carboxylic acids is 2. The third kappa shape index (κ3) is 3.59. The van der Waals surface area contributed by atoms with Crippen molar-refractivity contribution in [3.05, 3.63) is 24.2 Å². The first-order valence-corrected chi connectivity index (χ1v) is 8.36. The molecule has 1 aromatic heterocycles. The van der Waals surface area contributed by atoms with Crippen molar-refractivity contribution in [2.75, 3.05) is 13.1 Å². The molecule has 1 aliphatic carbocycles. The smallest absolute Gasteiger partial charge is 0.287 e. The molecule has 3 N–H and O–H groups in total. The lowest BCUT2D eigenvalue weighted by molar-refractivity contribution is -0.133. The summed E-state index contributed by atoms with van der Waals surface area (Å²) in [6, 6.07) is 2.91. The minimum Gasteiger partial charge on any atom is -0.459 e. The van der Waals surface area contributed by atoms with Crippen LogP contribution in [0.5, 0.6) is 0 Å². The van der Waals surface area contributed by atoms with Gasteiger partial charge in [-0.2, -0.15) is 0 Å². The van der Waals surface area contributed by atoms with Gasteiger partial charge in [0, 0.05) is 19.1 Å². The quantitative estimate of drug-likeness (QED) is 0.859. The summed E-state index contributed by atoms with van der Waals surface area (Å²) in [5.74, 6) is 0.800. The van der Waals surface area contributed by atoms with E-state index in [2.05, 4.69) is 5.32 Å². The molecule has 7 heteroatoms. The third-order valence-corrected chi connectivity index (χ3v) is 5.19. The average Bonchev–Trinajstić information content (AvgIpc) is 3.22. The highest BCUT2D eigenvalue weighted by molar-refractivity contribution is 5.95. The summed E-state index contributed by atoms with van der Waals surface area (Å²) < 4.78 is 5.10. The molecule has 4 atom stereocenters. The van der Waals surface area contributed by atoms with Crippen LogP contribution >= 0.6 is 12.4 Å². The Kier molecular flexibility index (Phi) is 5.93. The normalized spacial score (nSPS) is 26.8. The second-order valence-corrected chi connectivity index (χ2v) is 7.08. The molecule has 24 heavy (non-hydrogen) atoms. The van der Waals surface area contributed by atoms with Gasteiger partial charge in [0.05, 0.1) is 6.26 Å². The second-order valence-electron chi connectivity index (χ2n) is 7.08. The number of furan rings is 1. The molecule has 1 aromatic rings. The zero-order valence-electron chi connectivity index (χ0n) is 14.1. The molecule has 0 aromatic carbocycles. The van der Waals surface area contributed by atoms with Gasteiger partial charge in [0.1, 0.15) is 6.04 Å². The number of hydrogen-bond acceptors (Lipinski definition) is 4. The fourth-order valence-electron chi connectivity index (χ4n) is 3.82. The topological polar surface area (TPSA) is 88.6 Å². The highest BCUT2D eigenvalue weighted by Gasteiger charge is 2.44. The summed E-state index contributed by atoms with van der Waals surface area (Å²) >= 11 is 0. The molecule has 0 bridgehead atoms. The first-order chi connectivity index (χ1) is 11.0. The van der Waals surface area contributed by atoms with E-state index in [0.717, 1.165) is 19.4 Å². The summed E-state index contributed by atoms with van der Waals surface area (Å²) in [6.07, 6.45) is 3.60. The number of amides is 2. The maximum atomic E-state index is 12.9. The SMILES string of the molecule is CC(C)C(NC(=O)c1ccco1)C(=O)N1CC2CCC(N)C2C1.Cl. The van der Waals surface area contributed by atoms with Gasteiger partial charge in [0.15, 0.2) is 5.76 Å². The van der Waals surface area contributed by atoms with Crippen LogP contribution in [-0.2, 0) is 4.79 Å².